The SMILES string of the molecule is Cc1cccc(-n2c(=O)c3ccccc3n3c(SCC(=O)N[C@@H](C)CCCC(C)C)nnc23)c1C. The van der Waals surface area contributed by atoms with Crippen LogP contribution in [0.2, 0.25) is 0 Å². The Kier molecular flexibility index (Phi) is 7.60. The topological polar surface area (TPSA) is 81.3 Å². The lowest BCUT2D eigenvalue weighted by Crippen LogP contribution is -2.33. The Balaban J connectivity index is 1.66. The van der Waals surface area contributed by atoms with Gasteiger partial charge in [-0.3, -0.25) is 14.0 Å². The molecule has 1 atom stereocenters. The normalized spacial score (nSPS) is 12.5. The van der Waals surface area contributed by atoms with Gasteiger partial charge in [-0.1, -0.05) is 62.7 Å². The number of aryl methyl sites for hydroxylation is 1. The molecule has 2 aromatic carbocycles. The molecule has 0 saturated heterocycles. The van der Waals surface area contributed by atoms with Gasteiger partial charge in [0.2, 0.25) is 11.7 Å². The molecular weight excluding hydrogens is 458 g/mol. The van der Waals surface area contributed by atoms with E-state index in [2.05, 4.69) is 29.4 Å². The van der Waals surface area contributed by atoms with Gasteiger partial charge in [0.25, 0.3) is 5.56 Å². The summed E-state index contributed by atoms with van der Waals surface area (Å²) in [6.45, 7) is 10.5. The maximum Gasteiger partial charge on any atom is 0.267 e. The van der Waals surface area contributed by atoms with Gasteiger partial charge in [-0.05, 0) is 62.4 Å². The number of carbonyl (C=O) groups excluding carboxylic acids is 1. The number of hydrogen-bond acceptors (Lipinski definition) is 5. The first-order valence-electron chi connectivity index (χ1n) is 12.2. The summed E-state index contributed by atoms with van der Waals surface area (Å²) in [5.74, 6) is 1.31. The average Bonchev–Trinajstić information content (AvgIpc) is 3.24. The summed E-state index contributed by atoms with van der Waals surface area (Å²) in [5.41, 5.74) is 3.47. The molecule has 4 aromatic rings. The van der Waals surface area contributed by atoms with E-state index < -0.39 is 0 Å². The highest BCUT2D eigenvalue weighted by molar-refractivity contribution is 7.99. The first-order chi connectivity index (χ1) is 16.8. The van der Waals surface area contributed by atoms with Crippen LogP contribution < -0.4 is 10.9 Å². The second kappa shape index (κ2) is 10.6. The Morgan fingerprint density at radius 1 is 1.03 bits per heavy atom. The lowest BCUT2D eigenvalue weighted by Gasteiger charge is -2.15. The molecule has 0 aliphatic rings. The minimum absolute atomic E-state index is 0.0315. The summed E-state index contributed by atoms with van der Waals surface area (Å²) in [6, 6.07) is 13.5. The van der Waals surface area contributed by atoms with Crippen LogP contribution in [0.3, 0.4) is 0 Å². The number of nitrogens with one attached hydrogen (secondary N) is 1. The van der Waals surface area contributed by atoms with E-state index in [-0.39, 0.29) is 23.3 Å². The van der Waals surface area contributed by atoms with Gasteiger partial charge in [0.05, 0.1) is 22.3 Å². The van der Waals surface area contributed by atoms with Gasteiger partial charge in [-0.2, -0.15) is 0 Å². The van der Waals surface area contributed by atoms with Crippen LogP contribution in [0.1, 0.15) is 51.2 Å². The van der Waals surface area contributed by atoms with E-state index in [4.69, 9.17) is 0 Å². The maximum atomic E-state index is 13.5. The Morgan fingerprint density at radius 3 is 2.57 bits per heavy atom. The van der Waals surface area contributed by atoms with Crippen molar-refractivity contribution in [3.63, 3.8) is 0 Å². The van der Waals surface area contributed by atoms with Crippen LogP contribution in [0.4, 0.5) is 0 Å². The molecule has 7 nitrogen and oxygen atoms in total. The second-order valence-electron chi connectivity index (χ2n) is 9.58. The fraction of sp³-hybridized carbons (Fsp3) is 0.407. The summed E-state index contributed by atoms with van der Waals surface area (Å²) in [6.07, 6.45) is 3.23. The first kappa shape index (κ1) is 25.0. The van der Waals surface area contributed by atoms with E-state index in [1.165, 1.54) is 11.8 Å². The van der Waals surface area contributed by atoms with Crippen molar-refractivity contribution in [3.8, 4) is 5.69 Å². The molecule has 0 aliphatic heterocycles. The summed E-state index contributed by atoms with van der Waals surface area (Å²) < 4.78 is 3.50. The largest absolute Gasteiger partial charge is 0.353 e. The van der Waals surface area contributed by atoms with Crippen molar-refractivity contribution in [2.24, 2.45) is 5.92 Å². The summed E-state index contributed by atoms with van der Waals surface area (Å²) >= 11 is 1.33. The summed E-state index contributed by atoms with van der Waals surface area (Å²) in [7, 11) is 0. The fourth-order valence-corrected chi connectivity index (χ4v) is 5.07. The molecule has 0 radical (unpaired) electrons. The first-order valence-corrected chi connectivity index (χ1v) is 13.1. The molecule has 1 amide bonds. The molecule has 2 aromatic heterocycles. The minimum atomic E-state index is -0.140. The number of nitrogens with zero attached hydrogens (tertiary/aromatic N) is 4. The monoisotopic (exact) mass is 491 g/mol. The zero-order valence-electron chi connectivity index (χ0n) is 21.0. The van der Waals surface area contributed by atoms with Crippen molar-refractivity contribution in [2.75, 3.05) is 5.75 Å². The highest BCUT2D eigenvalue weighted by Crippen LogP contribution is 2.25. The Hall–Kier alpha value is -3.13. The number of para-hydroxylation sites is 1. The van der Waals surface area contributed by atoms with E-state index in [1.54, 1.807) is 4.57 Å². The molecule has 4 rings (SSSR count). The number of hydrogen-bond donors (Lipinski definition) is 1. The predicted octanol–water partition coefficient (Wildman–Crippen LogP) is 5.07. The van der Waals surface area contributed by atoms with Crippen LogP contribution in [0.15, 0.2) is 52.4 Å². The Labute approximate surface area is 210 Å². The van der Waals surface area contributed by atoms with Crippen LogP contribution in [-0.4, -0.2) is 36.9 Å². The quantitative estimate of drug-likeness (QED) is 0.331. The highest BCUT2D eigenvalue weighted by atomic mass is 32.2. The third-order valence-electron chi connectivity index (χ3n) is 6.37. The van der Waals surface area contributed by atoms with Gasteiger partial charge in [-0.25, -0.2) is 4.57 Å². The van der Waals surface area contributed by atoms with Crippen molar-refractivity contribution in [2.45, 2.75) is 65.1 Å². The lowest BCUT2D eigenvalue weighted by atomic mass is 10.0. The number of amides is 1. The number of fused-ring (bicyclic) bond motifs is 3. The molecule has 2 heterocycles. The molecule has 0 fully saturated rings. The van der Waals surface area contributed by atoms with Gasteiger partial charge in [0.1, 0.15) is 0 Å². The van der Waals surface area contributed by atoms with Crippen LogP contribution in [0.5, 0.6) is 0 Å². The number of aromatic nitrogens is 4. The molecule has 0 aliphatic carbocycles. The smallest absolute Gasteiger partial charge is 0.267 e. The number of carbonyl (C=O) groups is 1. The molecule has 184 valence electrons. The van der Waals surface area contributed by atoms with E-state index in [1.807, 2.05) is 67.6 Å². The molecule has 8 heteroatoms. The zero-order chi connectivity index (χ0) is 25.1. The average molecular weight is 492 g/mol. The molecule has 0 bridgehead atoms. The predicted molar refractivity (Wildman–Crippen MR) is 143 cm³/mol. The minimum Gasteiger partial charge on any atom is -0.353 e. The van der Waals surface area contributed by atoms with Crippen molar-refractivity contribution in [1.29, 1.82) is 0 Å². The maximum absolute atomic E-state index is 13.5. The molecule has 0 unspecified atom stereocenters. The standard InChI is InChI=1S/C27H33N5O2S/c1-17(2)10-8-12-19(4)28-24(33)16-35-27-30-29-26-31(22-15-9-11-18(3)20(22)5)25(34)21-13-6-7-14-23(21)32(26)27/h6-7,9,11,13-15,17,19H,8,10,12,16H2,1-5H3,(H,28,33)/t19-/m0/s1. The highest BCUT2D eigenvalue weighted by Gasteiger charge is 2.20. The van der Waals surface area contributed by atoms with Crippen LogP contribution in [0.25, 0.3) is 22.4 Å². The zero-order valence-corrected chi connectivity index (χ0v) is 21.9. The summed E-state index contributed by atoms with van der Waals surface area (Å²) in [4.78, 5) is 26.2. The Morgan fingerprint density at radius 2 is 1.80 bits per heavy atom. The van der Waals surface area contributed by atoms with E-state index >= 15 is 0 Å². The molecule has 35 heavy (non-hydrogen) atoms. The third kappa shape index (κ3) is 5.27. The van der Waals surface area contributed by atoms with Gasteiger partial charge in [0.15, 0.2) is 5.16 Å². The third-order valence-corrected chi connectivity index (χ3v) is 7.30. The fourth-order valence-electron chi connectivity index (χ4n) is 4.32. The van der Waals surface area contributed by atoms with Crippen molar-refractivity contribution in [3.05, 3.63) is 63.9 Å². The molecule has 0 saturated carbocycles. The molecular formula is C27H33N5O2S. The van der Waals surface area contributed by atoms with Gasteiger partial charge in [-0.15, -0.1) is 10.2 Å². The van der Waals surface area contributed by atoms with Gasteiger partial charge < -0.3 is 5.32 Å². The van der Waals surface area contributed by atoms with Crippen molar-refractivity contribution in [1.82, 2.24) is 24.5 Å². The second-order valence-corrected chi connectivity index (χ2v) is 10.5. The molecule has 0 spiro atoms. The summed E-state index contributed by atoms with van der Waals surface area (Å²) in [5, 5.41) is 13.0. The number of thioether (sulfide) groups is 1. The van der Waals surface area contributed by atoms with Crippen molar-refractivity contribution < 1.29 is 4.79 Å². The number of benzene rings is 2. The Bertz CT molecular complexity index is 1420. The van der Waals surface area contributed by atoms with Gasteiger partial charge >= 0.3 is 0 Å². The van der Waals surface area contributed by atoms with Crippen LogP contribution >= 0.6 is 11.8 Å². The number of rotatable bonds is 9. The lowest BCUT2D eigenvalue weighted by molar-refractivity contribution is -0.119. The van der Waals surface area contributed by atoms with Crippen LogP contribution in [-0.2, 0) is 4.79 Å². The van der Waals surface area contributed by atoms with Crippen molar-refractivity contribution >= 4 is 34.3 Å². The van der Waals surface area contributed by atoms with E-state index in [9.17, 15) is 9.59 Å². The van der Waals surface area contributed by atoms with E-state index in [0.717, 1.165) is 41.6 Å². The van der Waals surface area contributed by atoms with Crippen LogP contribution in [0, 0.1) is 19.8 Å². The van der Waals surface area contributed by atoms with Gasteiger partial charge in [0, 0.05) is 6.04 Å². The molecule has 1 N–H and O–H groups in total. The van der Waals surface area contributed by atoms with E-state index in [0.29, 0.717) is 22.2 Å².